The molecule has 0 aromatic heterocycles. The van der Waals surface area contributed by atoms with Gasteiger partial charge in [0.1, 0.15) is 12.4 Å². The van der Waals surface area contributed by atoms with Gasteiger partial charge in [-0.05, 0) is 40.8 Å². The highest BCUT2D eigenvalue weighted by molar-refractivity contribution is 9.10. The van der Waals surface area contributed by atoms with E-state index in [2.05, 4.69) is 45.5 Å². The third-order valence-electron chi connectivity index (χ3n) is 5.21. The van der Waals surface area contributed by atoms with Crippen molar-refractivity contribution in [2.75, 3.05) is 13.2 Å². The van der Waals surface area contributed by atoms with Crippen LogP contribution in [0.3, 0.4) is 0 Å². The maximum absolute atomic E-state index is 13.8. The van der Waals surface area contributed by atoms with Crippen LogP contribution < -0.4 is 5.32 Å². The number of hydrogen-bond donors (Lipinski definition) is 1. The highest BCUT2D eigenvalue weighted by atomic mass is 79.9. The maximum Gasteiger partial charge on any atom is 0.407 e. The quantitative estimate of drug-likeness (QED) is 0.420. The first-order valence-corrected chi connectivity index (χ1v) is 10.6. The summed E-state index contributed by atoms with van der Waals surface area (Å²) in [4.78, 5) is 12.1. The molecule has 0 saturated heterocycles. The Morgan fingerprint density at radius 3 is 2.33 bits per heavy atom. The number of ether oxygens (including phenoxy) is 1. The van der Waals surface area contributed by atoms with Crippen molar-refractivity contribution in [3.63, 3.8) is 0 Å². The van der Waals surface area contributed by atoms with Crippen LogP contribution in [0.25, 0.3) is 17.2 Å². The molecule has 0 atom stereocenters. The van der Waals surface area contributed by atoms with Crippen LogP contribution in [-0.4, -0.2) is 19.2 Å². The Morgan fingerprint density at radius 1 is 1.00 bits per heavy atom. The number of carbonyl (C=O) groups excluding carboxylic acids is 1. The molecular formula is C25H21BrFNO2. The largest absolute Gasteiger partial charge is 0.449 e. The van der Waals surface area contributed by atoms with Crippen molar-refractivity contribution in [3.05, 3.63) is 99.8 Å². The van der Waals surface area contributed by atoms with Gasteiger partial charge in [-0.1, -0.05) is 82.7 Å². The Balaban J connectivity index is 1.29. The Kier molecular flexibility index (Phi) is 6.29. The Labute approximate surface area is 183 Å². The molecule has 0 fully saturated rings. The zero-order chi connectivity index (χ0) is 20.9. The topological polar surface area (TPSA) is 38.3 Å². The van der Waals surface area contributed by atoms with Gasteiger partial charge in [0.25, 0.3) is 0 Å². The van der Waals surface area contributed by atoms with Crippen LogP contribution in [-0.2, 0) is 4.74 Å². The summed E-state index contributed by atoms with van der Waals surface area (Å²) in [5, 5.41) is 2.75. The van der Waals surface area contributed by atoms with Gasteiger partial charge in [-0.15, -0.1) is 0 Å². The summed E-state index contributed by atoms with van der Waals surface area (Å²) < 4.78 is 20.0. The van der Waals surface area contributed by atoms with Crippen molar-refractivity contribution in [1.29, 1.82) is 0 Å². The first kappa shape index (κ1) is 20.4. The Morgan fingerprint density at radius 2 is 1.67 bits per heavy atom. The van der Waals surface area contributed by atoms with Crippen LogP contribution in [0, 0.1) is 5.82 Å². The van der Waals surface area contributed by atoms with E-state index in [-0.39, 0.29) is 18.3 Å². The molecule has 3 aromatic carbocycles. The lowest BCUT2D eigenvalue weighted by Crippen LogP contribution is -2.26. The van der Waals surface area contributed by atoms with E-state index in [1.807, 2.05) is 30.3 Å². The van der Waals surface area contributed by atoms with Crippen molar-refractivity contribution in [3.8, 4) is 11.1 Å². The summed E-state index contributed by atoms with van der Waals surface area (Å²) in [6, 6.07) is 21.3. The number of fused-ring (bicyclic) bond motifs is 3. The fourth-order valence-corrected chi connectivity index (χ4v) is 4.25. The standard InChI is InChI=1S/C25H21BrFNO2/c26-23-13-7-14-24(27)21(23)12-5-6-15-28-25(29)30-16-22-19-10-3-1-8-17(19)18-9-2-4-11-20(18)22/h1-5,7-14,22H,6,15-16H2,(H,28,29). The highest BCUT2D eigenvalue weighted by Gasteiger charge is 2.28. The van der Waals surface area contributed by atoms with Crippen LogP contribution in [0.4, 0.5) is 9.18 Å². The minimum Gasteiger partial charge on any atom is -0.449 e. The molecule has 0 radical (unpaired) electrons. The van der Waals surface area contributed by atoms with E-state index in [1.54, 1.807) is 18.2 Å². The molecule has 4 rings (SSSR count). The second-order valence-electron chi connectivity index (χ2n) is 7.08. The van der Waals surface area contributed by atoms with Gasteiger partial charge in [-0.2, -0.15) is 0 Å². The molecule has 0 aliphatic heterocycles. The van der Waals surface area contributed by atoms with Crippen LogP contribution in [0.5, 0.6) is 0 Å². The van der Waals surface area contributed by atoms with E-state index >= 15 is 0 Å². The second-order valence-corrected chi connectivity index (χ2v) is 7.93. The molecule has 0 spiro atoms. The van der Waals surface area contributed by atoms with Crippen molar-refractivity contribution in [2.45, 2.75) is 12.3 Å². The van der Waals surface area contributed by atoms with E-state index in [4.69, 9.17) is 4.74 Å². The fraction of sp³-hybridized carbons (Fsp3) is 0.160. The molecule has 3 nitrogen and oxygen atoms in total. The highest BCUT2D eigenvalue weighted by Crippen LogP contribution is 2.44. The number of rotatable bonds is 6. The van der Waals surface area contributed by atoms with Gasteiger partial charge in [0, 0.05) is 22.5 Å². The summed E-state index contributed by atoms with van der Waals surface area (Å²) in [6.07, 6.45) is 3.66. The lowest BCUT2D eigenvalue weighted by Gasteiger charge is -2.14. The van der Waals surface area contributed by atoms with E-state index in [0.29, 0.717) is 23.0 Å². The molecule has 1 amide bonds. The molecule has 0 bridgehead atoms. The molecule has 3 aromatic rings. The number of nitrogens with one attached hydrogen (secondary N) is 1. The van der Waals surface area contributed by atoms with Crippen LogP contribution in [0.1, 0.15) is 29.0 Å². The van der Waals surface area contributed by atoms with Gasteiger partial charge in [0.05, 0.1) is 0 Å². The number of halogens is 2. The van der Waals surface area contributed by atoms with Crippen molar-refractivity contribution < 1.29 is 13.9 Å². The first-order valence-electron chi connectivity index (χ1n) is 9.84. The number of carbonyl (C=O) groups is 1. The molecule has 1 aliphatic rings. The van der Waals surface area contributed by atoms with Crippen molar-refractivity contribution >= 4 is 28.1 Å². The monoisotopic (exact) mass is 465 g/mol. The lowest BCUT2D eigenvalue weighted by atomic mass is 9.98. The third kappa shape index (κ3) is 4.31. The number of amides is 1. The minimum atomic E-state index is -0.447. The zero-order valence-corrected chi connectivity index (χ0v) is 17.9. The molecule has 0 saturated carbocycles. The van der Waals surface area contributed by atoms with Gasteiger partial charge in [0.2, 0.25) is 0 Å². The van der Waals surface area contributed by atoms with Crippen molar-refractivity contribution in [1.82, 2.24) is 5.32 Å². The summed E-state index contributed by atoms with van der Waals surface area (Å²) in [6.45, 7) is 0.705. The van der Waals surface area contributed by atoms with Crippen LogP contribution in [0.15, 0.2) is 77.3 Å². The van der Waals surface area contributed by atoms with E-state index in [1.165, 1.54) is 28.3 Å². The average molecular weight is 466 g/mol. The molecule has 1 N–H and O–H groups in total. The summed E-state index contributed by atoms with van der Waals surface area (Å²) in [7, 11) is 0. The summed E-state index contributed by atoms with van der Waals surface area (Å²) in [5.74, 6) is -0.244. The van der Waals surface area contributed by atoms with E-state index in [9.17, 15) is 9.18 Å². The van der Waals surface area contributed by atoms with Crippen LogP contribution >= 0.6 is 15.9 Å². The van der Waals surface area contributed by atoms with Gasteiger partial charge in [0.15, 0.2) is 0 Å². The fourth-order valence-electron chi connectivity index (χ4n) is 3.78. The second kappa shape index (κ2) is 9.26. The van der Waals surface area contributed by atoms with Gasteiger partial charge >= 0.3 is 6.09 Å². The minimum absolute atomic E-state index is 0.0430. The SMILES string of the molecule is O=C(NCCC=Cc1c(F)cccc1Br)OCC1c2ccccc2-c2ccccc21. The third-order valence-corrected chi connectivity index (χ3v) is 5.90. The van der Waals surface area contributed by atoms with E-state index in [0.717, 1.165) is 0 Å². The number of hydrogen-bond acceptors (Lipinski definition) is 2. The normalized spacial score (nSPS) is 12.6. The first-order chi connectivity index (χ1) is 14.6. The number of benzene rings is 3. The molecule has 152 valence electrons. The average Bonchev–Trinajstić information content (AvgIpc) is 3.08. The molecular weight excluding hydrogens is 445 g/mol. The van der Waals surface area contributed by atoms with Crippen molar-refractivity contribution in [2.24, 2.45) is 0 Å². The van der Waals surface area contributed by atoms with Crippen LogP contribution in [0.2, 0.25) is 0 Å². The smallest absolute Gasteiger partial charge is 0.407 e. The molecule has 30 heavy (non-hydrogen) atoms. The predicted molar refractivity (Wildman–Crippen MR) is 121 cm³/mol. The summed E-state index contributed by atoms with van der Waals surface area (Å²) in [5.41, 5.74) is 5.27. The Bertz CT molecular complexity index is 1030. The maximum atomic E-state index is 13.8. The Hall–Kier alpha value is -2.92. The lowest BCUT2D eigenvalue weighted by molar-refractivity contribution is 0.143. The molecule has 0 unspecified atom stereocenters. The van der Waals surface area contributed by atoms with Gasteiger partial charge in [-0.25, -0.2) is 9.18 Å². The summed E-state index contributed by atoms with van der Waals surface area (Å²) >= 11 is 3.33. The molecule has 5 heteroatoms. The van der Waals surface area contributed by atoms with E-state index < -0.39 is 6.09 Å². The predicted octanol–water partition coefficient (Wildman–Crippen LogP) is 6.53. The number of alkyl carbamates (subject to hydrolysis) is 1. The zero-order valence-electron chi connectivity index (χ0n) is 16.3. The van der Waals surface area contributed by atoms with Gasteiger partial charge in [-0.3, -0.25) is 0 Å². The molecule has 1 aliphatic carbocycles. The van der Waals surface area contributed by atoms with Gasteiger partial charge < -0.3 is 10.1 Å². The molecule has 0 heterocycles.